The summed E-state index contributed by atoms with van der Waals surface area (Å²) in [5, 5.41) is 5.21. The van der Waals surface area contributed by atoms with Crippen LogP contribution in [0.25, 0.3) is 0 Å². The van der Waals surface area contributed by atoms with E-state index in [1.165, 1.54) is 25.7 Å². The number of rotatable bonds is 1. The fourth-order valence-corrected chi connectivity index (χ4v) is 4.19. The molecule has 1 aliphatic heterocycles. The van der Waals surface area contributed by atoms with Gasteiger partial charge in [-0.3, -0.25) is 4.99 Å². The van der Waals surface area contributed by atoms with Crippen LogP contribution in [-0.2, 0) is 0 Å². The van der Waals surface area contributed by atoms with E-state index in [0.29, 0.717) is 0 Å². The summed E-state index contributed by atoms with van der Waals surface area (Å²) >= 11 is 8.06. The van der Waals surface area contributed by atoms with Crippen molar-refractivity contribution in [3.05, 3.63) is 28.8 Å². The smallest absolute Gasteiger partial charge is 0.161 e. The second kappa shape index (κ2) is 4.78. The molecule has 1 saturated carbocycles. The zero-order chi connectivity index (χ0) is 12.6. The number of halogens is 1. The number of nitrogens with zero attached hydrogens (tertiary/aromatic N) is 1. The van der Waals surface area contributed by atoms with Gasteiger partial charge in [-0.05, 0) is 31.4 Å². The van der Waals surface area contributed by atoms with Gasteiger partial charge in [-0.15, -0.1) is 0 Å². The molecule has 1 fully saturated rings. The lowest BCUT2D eigenvalue weighted by Gasteiger charge is -2.16. The first-order valence-corrected chi connectivity index (χ1v) is 7.80. The first-order chi connectivity index (χ1) is 8.69. The van der Waals surface area contributed by atoms with Crippen molar-refractivity contribution in [1.82, 2.24) is 0 Å². The van der Waals surface area contributed by atoms with Gasteiger partial charge in [0.05, 0.1) is 16.2 Å². The van der Waals surface area contributed by atoms with Crippen molar-refractivity contribution in [2.45, 2.75) is 38.1 Å². The van der Waals surface area contributed by atoms with Crippen molar-refractivity contribution in [3.63, 3.8) is 0 Å². The first-order valence-electron chi connectivity index (χ1n) is 6.43. The highest BCUT2D eigenvalue weighted by molar-refractivity contribution is 8.14. The Labute approximate surface area is 117 Å². The van der Waals surface area contributed by atoms with E-state index in [9.17, 15) is 0 Å². The van der Waals surface area contributed by atoms with Crippen LogP contribution in [0, 0.1) is 6.92 Å². The van der Waals surface area contributed by atoms with Gasteiger partial charge in [-0.1, -0.05) is 48.3 Å². The molecule has 1 N–H and O–H groups in total. The van der Waals surface area contributed by atoms with Gasteiger partial charge in [0.1, 0.15) is 0 Å². The van der Waals surface area contributed by atoms with E-state index in [1.54, 1.807) is 0 Å². The van der Waals surface area contributed by atoms with Gasteiger partial charge in [-0.2, -0.15) is 0 Å². The fraction of sp³-hybridized carbons (Fsp3) is 0.500. The molecule has 0 amide bonds. The molecule has 0 atom stereocenters. The Morgan fingerprint density at radius 2 is 2.11 bits per heavy atom. The van der Waals surface area contributed by atoms with Crippen molar-refractivity contribution in [2.75, 3.05) is 11.1 Å². The molecule has 1 spiro atoms. The van der Waals surface area contributed by atoms with Gasteiger partial charge in [0, 0.05) is 5.75 Å². The number of benzene rings is 1. The van der Waals surface area contributed by atoms with Crippen LogP contribution in [0.1, 0.15) is 31.2 Å². The number of aryl methyl sites for hydroxylation is 1. The number of hydrogen-bond donors (Lipinski definition) is 1. The second-order valence-corrected chi connectivity index (χ2v) is 6.57. The molecule has 2 aliphatic rings. The second-order valence-electron chi connectivity index (χ2n) is 5.19. The number of aliphatic imine (C=N–C) groups is 1. The van der Waals surface area contributed by atoms with Crippen molar-refractivity contribution in [3.8, 4) is 0 Å². The average molecular weight is 281 g/mol. The van der Waals surface area contributed by atoms with Gasteiger partial charge in [0.15, 0.2) is 5.17 Å². The van der Waals surface area contributed by atoms with Crippen LogP contribution in [0.4, 0.5) is 5.69 Å². The topological polar surface area (TPSA) is 24.4 Å². The van der Waals surface area contributed by atoms with Gasteiger partial charge < -0.3 is 5.32 Å². The highest BCUT2D eigenvalue weighted by Crippen LogP contribution is 2.41. The summed E-state index contributed by atoms with van der Waals surface area (Å²) in [7, 11) is 0. The summed E-state index contributed by atoms with van der Waals surface area (Å²) < 4.78 is 0. The molecule has 3 rings (SSSR count). The SMILES string of the molecule is Cc1cccc(Cl)c1NC1=NC2(CCCC2)CS1. The number of anilines is 1. The average Bonchev–Trinajstić information content (AvgIpc) is 2.96. The molecule has 96 valence electrons. The summed E-state index contributed by atoms with van der Waals surface area (Å²) in [6.07, 6.45) is 5.13. The number of amidine groups is 1. The summed E-state index contributed by atoms with van der Waals surface area (Å²) in [6.45, 7) is 2.07. The lowest BCUT2D eigenvalue weighted by Crippen LogP contribution is -2.21. The zero-order valence-corrected chi connectivity index (χ0v) is 12.1. The normalized spacial score (nSPS) is 21.3. The number of para-hydroxylation sites is 1. The highest BCUT2D eigenvalue weighted by atomic mass is 35.5. The molecule has 4 heteroatoms. The van der Waals surface area contributed by atoms with Crippen molar-refractivity contribution >= 4 is 34.2 Å². The fourth-order valence-electron chi connectivity index (χ4n) is 2.73. The van der Waals surface area contributed by atoms with Crippen LogP contribution in [0.15, 0.2) is 23.2 Å². The monoisotopic (exact) mass is 280 g/mol. The predicted octanol–water partition coefficient (Wildman–Crippen LogP) is 4.48. The quantitative estimate of drug-likeness (QED) is 0.820. The van der Waals surface area contributed by atoms with Crippen molar-refractivity contribution in [2.24, 2.45) is 4.99 Å². The molecule has 18 heavy (non-hydrogen) atoms. The molecule has 0 bridgehead atoms. The molecule has 0 saturated heterocycles. The Morgan fingerprint density at radius 1 is 1.33 bits per heavy atom. The third-order valence-electron chi connectivity index (χ3n) is 3.80. The van der Waals surface area contributed by atoms with Crippen LogP contribution >= 0.6 is 23.4 Å². The molecular weight excluding hydrogens is 264 g/mol. The van der Waals surface area contributed by atoms with E-state index >= 15 is 0 Å². The molecule has 0 aromatic heterocycles. The minimum atomic E-state index is 0.224. The summed E-state index contributed by atoms with van der Waals surface area (Å²) in [6, 6.07) is 5.97. The third kappa shape index (κ3) is 2.26. The predicted molar refractivity (Wildman–Crippen MR) is 80.9 cm³/mol. The van der Waals surface area contributed by atoms with Crippen LogP contribution in [0.3, 0.4) is 0 Å². The lowest BCUT2D eigenvalue weighted by molar-refractivity contribution is 0.508. The van der Waals surface area contributed by atoms with E-state index in [4.69, 9.17) is 16.6 Å². The number of nitrogens with one attached hydrogen (secondary N) is 1. The van der Waals surface area contributed by atoms with Crippen LogP contribution in [-0.4, -0.2) is 16.5 Å². The van der Waals surface area contributed by atoms with E-state index in [2.05, 4.69) is 18.3 Å². The van der Waals surface area contributed by atoms with Crippen LogP contribution in [0.2, 0.25) is 5.02 Å². The number of hydrogen-bond acceptors (Lipinski definition) is 3. The van der Waals surface area contributed by atoms with Crippen LogP contribution < -0.4 is 5.32 Å². The Bertz CT molecular complexity index is 472. The van der Waals surface area contributed by atoms with Gasteiger partial charge in [0.25, 0.3) is 0 Å². The van der Waals surface area contributed by atoms with Crippen LogP contribution in [0.5, 0.6) is 0 Å². The van der Waals surface area contributed by atoms with E-state index in [0.717, 1.165) is 27.2 Å². The van der Waals surface area contributed by atoms with Crippen molar-refractivity contribution in [1.29, 1.82) is 0 Å². The Morgan fingerprint density at radius 3 is 2.83 bits per heavy atom. The van der Waals surface area contributed by atoms with Gasteiger partial charge in [0.2, 0.25) is 0 Å². The summed E-state index contributed by atoms with van der Waals surface area (Å²) in [5.41, 5.74) is 2.39. The lowest BCUT2D eigenvalue weighted by atomic mass is 10.0. The maximum atomic E-state index is 6.23. The van der Waals surface area contributed by atoms with E-state index < -0.39 is 0 Å². The number of thioether (sulfide) groups is 1. The third-order valence-corrected chi connectivity index (χ3v) is 5.27. The Kier molecular flexibility index (Phi) is 3.29. The molecule has 1 aromatic carbocycles. The first kappa shape index (κ1) is 12.4. The Hall–Kier alpha value is -0.670. The molecule has 2 nitrogen and oxygen atoms in total. The molecule has 1 heterocycles. The largest absolute Gasteiger partial charge is 0.334 e. The van der Waals surface area contributed by atoms with Gasteiger partial charge >= 0.3 is 0 Å². The standard InChI is InChI=1S/C14H17ClN2S/c1-10-5-4-6-11(15)12(10)16-13-17-14(9-18-13)7-2-3-8-14/h4-6H,2-3,7-9H2,1H3,(H,16,17). The molecule has 0 radical (unpaired) electrons. The molecule has 0 unspecified atom stereocenters. The van der Waals surface area contributed by atoms with E-state index in [-0.39, 0.29) is 5.54 Å². The maximum Gasteiger partial charge on any atom is 0.161 e. The van der Waals surface area contributed by atoms with Gasteiger partial charge in [-0.25, -0.2) is 0 Å². The summed E-state index contributed by atoms with van der Waals surface area (Å²) in [5.74, 6) is 1.12. The molecule has 1 aliphatic carbocycles. The Balaban J connectivity index is 1.81. The van der Waals surface area contributed by atoms with E-state index in [1.807, 2.05) is 23.9 Å². The molecular formula is C14H17ClN2S. The zero-order valence-electron chi connectivity index (χ0n) is 10.5. The minimum Gasteiger partial charge on any atom is -0.334 e. The van der Waals surface area contributed by atoms with Crippen molar-refractivity contribution < 1.29 is 0 Å². The highest BCUT2D eigenvalue weighted by Gasteiger charge is 2.38. The maximum absolute atomic E-state index is 6.23. The summed E-state index contributed by atoms with van der Waals surface area (Å²) in [4.78, 5) is 4.91. The minimum absolute atomic E-state index is 0.224. The molecule has 1 aromatic rings.